The maximum atomic E-state index is 11.1. The summed E-state index contributed by atoms with van der Waals surface area (Å²) < 4.78 is 4.51. The van der Waals surface area contributed by atoms with Crippen LogP contribution >= 0.6 is 15.9 Å². The van der Waals surface area contributed by atoms with Crippen molar-refractivity contribution < 1.29 is 9.53 Å². The summed E-state index contributed by atoms with van der Waals surface area (Å²) in [5.41, 5.74) is 1.03. The minimum Gasteiger partial charge on any atom is -0.454 e. The number of carbonyl (C=O) groups is 1. The molecule has 1 aliphatic rings. The van der Waals surface area contributed by atoms with E-state index in [-0.39, 0.29) is 12.1 Å². The zero-order chi connectivity index (χ0) is 9.47. The van der Waals surface area contributed by atoms with Crippen LogP contribution in [0, 0.1) is 0 Å². The minimum atomic E-state index is -0.547. The summed E-state index contributed by atoms with van der Waals surface area (Å²) in [6.45, 7) is 1.83. The van der Waals surface area contributed by atoms with Gasteiger partial charge in [0.2, 0.25) is 0 Å². The van der Waals surface area contributed by atoms with Crippen LogP contribution in [0.4, 0.5) is 0 Å². The van der Waals surface area contributed by atoms with Crippen molar-refractivity contribution in [3.8, 4) is 0 Å². The van der Waals surface area contributed by atoms with Gasteiger partial charge in [0.15, 0.2) is 10.4 Å². The Balaban J connectivity index is 2.27. The monoisotopic (exact) mass is 240 g/mol. The van der Waals surface area contributed by atoms with Gasteiger partial charge in [-0.15, -0.1) is 0 Å². The van der Waals surface area contributed by atoms with E-state index in [1.807, 2.05) is 37.3 Å². The lowest BCUT2D eigenvalue weighted by molar-refractivity contribution is -0.177. The van der Waals surface area contributed by atoms with Crippen LogP contribution in [0.2, 0.25) is 0 Å². The predicted molar refractivity (Wildman–Crippen MR) is 52.6 cm³/mol. The van der Waals surface area contributed by atoms with Crippen LogP contribution in [-0.4, -0.2) is 10.3 Å². The molecule has 3 heteroatoms. The fourth-order valence-corrected chi connectivity index (χ4v) is 1.84. The fourth-order valence-electron chi connectivity index (χ4n) is 1.39. The van der Waals surface area contributed by atoms with Gasteiger partial charge in [0, 0.05) is 0 Å². The Morgan fingerprint density at radius 1 is 1.38 bits per heavy atom. The van der Waals surface area contributed by atoms with Crippen LogP contribution in [0.1, 0.15) is 18.6 Å². The SMILES string of the molecule is C[C@]1(Br)C(=O)O[C@@H]1c1ccccc1. The first-order chi connectivity index (χ1) is 6.12. The third-order valence-corrected chi connectivity index (χ3v) is 2.96. The topological polar surface area (TPSA) is 26.3 Å². The van der Waals surface area contributed by atoms with Crippen molar-refractivity contribution in [2.24, 2.45) is 0 Å². The normalized spacial score (nSPS) is 32.2. The molecule has 1 fully saturated rings. The highest BCUT2D eigenvalue weighted by Gasteiger charge is 2.53. The second kappa shape index (κ2) is 2.84. The lowest BCUT2D eigenvalue weighted by Gasteiger charge is -2.40. The molecule has 1 saturated heterocycles. The average molecular weight is 241 g/mol. The third kappa shape index (κ3) is 1.27. The van der Waals surface area contributed by atoms with Gasteiger partial charge in [0.1, 0.15) is 0 Å². The summed E-state index contributed by atoms with van der Waals surface area (Å²) in [5, 5.41) is 0. The van der Waals surface area contributed by atoms with E-state index >= 15 is 0 Å². The van der Waals surface area contributed by atoms with E-state index in [0.29, 0.717) is 0 Å². The molecule has 0 radical (unpaired) electrons. The van der Waals surface area contributed by atoms with Gasteiger partial charge in [0.05, 0.1) is 0 Å². The first kappa shape index (κ1) is 8.75. The number of benzene rings is 1. The van der Waals surface area contributed by atoms with Crippen molar-refractivity contribution in [2.75, 3.05) is 0 Å². The molecule has 1 heterocycles. The highest BCUT2D eigenvalue weighted by atomic mass is 79.9. The van der Waals surface area contributed by atoms with Gasteiger partial charge in [-0.05, 0) is 12.5 Å². The molecule has 2 rings (SSSR count). The molecule has 68 valence electrons. The van der Waals surface area contributed by atoms with Crippen LogP contribution in [0.15, 0.2) is 30.3 Å². The van der Waals surface area contributed by atoms with Gasteiger partial charge in [-0.1, -0.05) is 46.3 Å². The summed E-state index contributed by atoms with van der Waals surface area (Å²) in [6, 6.07) is 9.72. The fraction of sp³-hybridized carbons (Fsp3) is 0.300. The van der Waals surface area contributed by atoms with E-state index in [2.05, 4.69) is 15.9 Å². The van der Waals surface area contributed by atoms with Crippen LogP contribution in [-0.2, 0) is 9.53 Å². The van der Waals surface area contributed by atoms with Crippen molar-refractivity contribution in [3.63, 3.8) is 0 Å². The van der Waals surface area contributed by atoms with Gasteiger partial charge >= 0.3 is 5.97 Å². The van der Waals surface area contributed by atoms with E-state index in [4.69, 9.17) is 4.74 Å². The molecule has 0 amide bonds. The zero-order valence-electron chi connectivity index (χ0n) is 7.16. The maximum absolute atomic E-state index is 11.1. The molecule has 0 aliphatic carbocycles. The maximum Gasteiger partial charge on any atom is 0.327 e. The first-order valence-electron chi connectivity index (χ1n) is 4.07. The first-order valence-corrected chi connectivity index (χ1v) is 4.86. The van der Waals surface area contributed by atoms with E-state index in [0.717, 1.165) is 5.56 Å². The number of esters is 1. The summed E-state index contributed by atoms with van der Waals surface area (Å²) in [6.07, 6.45) is -0.152. The minimum absolute atomic E-state index is 0.152. The van der Waals surface area contributed by atoms with Gasteiger partial charge in [0.25, 0.3) is 0 Å². The van der Waals surface area contributed by atoms with Gasteiger partial charge in [-0.3, -0.25) is 4.79 Å². The molecular formula is C10H9BrO2. The average Bonchev–Trinajstić information content (AvgIpc) is 2.15. The molecule has 2 atom stereocenters. The summed E-state index contributed by atoms with van der Waals surface area (Å²) >= 11 is 3.36. The molecule has 0 bridgehead atoms. The van der Waals surface area contributed by atoms with Gasteiger partial charge in [-0.25, -0.2) is 0 Å². The summed E-state index contributed by atoms with van der Waals surface area (Å²) in [4.78, 5) is 11.1. The van der Waals surface area contributed by atoms with E-state index in [1.165, 1.54) is 0 Å². The molecule has 0 aromatic heterocycles. The molecule has 0 N–H and O–H groups in total. The van der Waals surface area contributed by atoms with Crippen molar-refractivity contribution in [2.45, 2.75) is 17.4 Å². The number of rotatable bonds is 1. The standard InChI is InChI=1S/C10H9BrO2/c1-10(11)8(13-9(10)12)7-5-3-2-4-6-7/h2-6,8H,1H3/t8-,10-/m1/s1. The second-order valence-electron chi connectivity index (χ2n) is 3.27. The Bertz CT molecular complexity index is 332. The molecular weight excluding hydrogens is 232 g/mol. The lowest BCUT2D eigenvalue weighted by atomic mass is 9.92. The molecule has 2 nitrogen and oxygen atoms in total. The van der Waals surface area contributed by atoms with Gasteiger partial charge < -0.3 is 4.74 Å². The van der Waals surface area contributed by atoms with E-state index < -0.39 is 4.32 Å². The third-order valence-electron chi connectivity index (χ3n) is 2.22. The number of cyclic esters (lactones) is 1. The largest absolute Gasteiger partial charge is 0.454 e. The number of carbonyl (C=O) groups excluding carboxylic acids is 1. The van der Waals surface area contributed by atoms with Crippen LogP contribution in [0.25, 0.3) is 0 Å². The number of halogens is 1. The second-order valence-corrected chi connectivity index (χ2v) is 4.92. The van der Waals surface area contributed by atoms with E-state index in [1.54, 1.807) is 0 Å². The van der Waals surface area contributed by atoms with Crippen molar-refractivity contribution in [1.29, 1.82) is 0 Å². The molecule has 0 spiro atoms. The Labute approximate surface area is 85.0 Å². The number of hydrogen-bond donors (Lipinski definition) is 0. The van der Waals surface area contributed by atoms with Crippen molar-refractivity contribution in [1.82, 2.24) is 0 Å². The number of hydrogen-bond acceptors (Lipinski definition) is 2. The number of alkyl halides is 1. The quantitative estimate of drug-likeness (QED) is 0.557. The highest BCUT2D eigenvalue weighted by molar-refractivity contribution is 9.10. The zero-order valence-corrected chi connectivity index (χ0v) is 8.74. The molecule has 1 aromatic carbocycles. The Kier molecular flexibility index (Phi) is 1.91. The molecule has 1 aromatic rings. The van der Waals surface area contributed by atoms with Gasteiger partial charge in [-0.2, -0.15) is 0 Å². The van der Waals surface area contributed by atoms with Crippen molar-refractivity contribution in [3.05, 3.63) is 35.9 Å². The molecule has 1 aliphatic heterocycles. The molecule has 0 saturated carbocycles. The summed E-state index contributed by atoms with van der Waals surface area (Å²) in [7, 11) is 0. The Hall–Kier alpha value is -0.830. The predicted octanol–water partition coefficient (Wildman–Crippen LogP) is 2.44. The van der Waals surface area contributed by atoms with Crippen LogP contribution < -0.4 is 0 Å². The molecule has 0 unspecified atom stereocenters. The smallest absolute Gasteiger partial charge is 0.327 e. The Morgan fingerprint density at radius 3 is 2.46 bits per heavy atom. The lowest BCUT2D eigenvalue weighted by Crippen LogP contribution is -2.49. The summed E-state index contributed by atoms with van der Waals surface area (Å²) in [5.74, 6) is -0.193. The van der Waals surface area contributed by atoms with Crippen LogP contribution in [0.3, 0.4) is 0 Å². The highest BCUT2D eigenvalue weighted by Crippen LogP contribution is 2.46. The van der Waals surface area contributed by atoms with Crippen molar-refractivity contribution >= 4 is 21.9 Å². The molecule has 13 heavy (non-hydrogen) atoms. The van der Waals surface area contributed by atoms with E-state index in [9.17, 15) is 4.79 Å². The Morgan fingerprint density at radius 2 is 2.00 bits per heavy atom. The van der Waals surface area contributed by atoms with Crippen LogP contribution in [0.5, 0.6) is 0 Å². The number of ether oxygens (including phenoxy) is 1.